The lowest BCUT2D eigenvalue weighted by molar-refractivity contribution is 0.547. The normalized spacial score (nSPS) is 10.8. The van der Waals surface area contributed by atoms with Crippen LogP contribution in [-0.4, -0.2) is 6.54 Å². The Morgan fingerprint density at radius 1 is 0.667 bits per heavy atom. The highest BCUT2D eigenvalue weighted by atomic mass is 16.5. The van der Waals surface area contributed by atoms with E-state index in [1.807, 2.05) is 5.48 Å². The Kier molecular flexibility index (Phi) is 13.8. The summed E-state index contributed by atoms with van der Waals surface area (Å²) in [5, 5.41) is 9.94. The van der Waals surface area contributed by atoms with Crippen molar-refractivity contribution in [1.82, 2.24) is 5.48 Å². The first kappa shape index (κ1) is 14.9. The molecule has 0 aliphatic carbocycles. The van der Waals surface area contributed by atoms with Gasteiger partial charge in [0.1, 0.15) is 0 Å². The molecule has 0 spiro atoms. The summed E-state index contributed by atoms with van der Waals surface area (Å²) in [5.41, 5.74) is 1.95. The molecule has 0 fully saturated rings. The van der Waals surface area contributed by atoms with Crippen LogP contribution < -0.4 is 5.48 Å². The predicted octanol–water partition coefficient (Wildman–Crippen LogP) is 4.38. The first-order chi connectivity index (χ1) is 7.41. The van der Waals surface area contributed by atoms with Crippen molar-refractivity contribution in [2.45, 2.75) is 77.6 Å². The highest BCUT2D eigenvalue weighted by Crippen LogP contribution is 2.10. The summed E-state index contributed by atoms with van der Waals surface area (Å²) in [6.07, 6.45) is 14.7. The molecule has 0 aromatic rings. The molecule has 0 saturated carbocycles. The van der Waals surface area contributed by atoms with Gasteiger partial charge in [0.05, 0.1) is 0 Å². The monoisotopic (exact) mass is 214 g/mol. The van der Waals surface area contributed by atoms with Crippen LogP contribution >= 0.6 is 0 Å². The Morgan fingerprint density at radius 2 is 1.07 bits per heavy atom. The summed E-state index contributed by atoms with van der Waals surface area (Å²) >= 11 is 0. The van der Waals surface area contributed by atoms with Crippen LogP contribution in [0.5, 0.6) is 0 Å². The molecular weight excluding hydrogens is 186 g/mol. The first-order valence-corrected chi connectivity index (χ1v) is 6.76. The molecule has 0 rings (SSSR count). The van der Waals surface area contributed by atoms with E-state index >= 15 is 0 Å². The van der Waals surface area contributed by atoms with Gasteiger partial charge < -0.3 is 10.7 Å². The molecule has 0 atom stereocenters. The summed E-state index contributed by atoms with van der Waals surface area (Å²) in [5.74, 6) is 0. The lowest BCUT2D eigenvalue weighted by Crippen LogP contribution is -2.04. The molecule has 0 aliphatic rings. The molecular formula is C13H28NO-. The van der Waals surface area contributed by atoms with Crippen LogP contribution in [0.4, 0.5) is 0 Å². The second kappa shape index (κ2) is 13.9. The van der Waals surface area contributed by atoms with Crippen molar-refractivity contribution in [2.24, 2.45) is 0 Å². The van der Waals surface area contributed by atoms with Gasteiger partial charge in [-0.1, -0.05) is 71.1 Å². The van der Waals surface area contributed by atoms with Gasteiger partial charge >= 0.3 is 0 Å². The van der Waals surface area contributed by atoms with Crippen LogP contribution in [0.25, 0.3) is 0 Å². The average molecular weight is 214 g/mol. The van der Waals surface area contributed by atoms with E-state index in [2.05, 4.69) is 6.92 Å². The van der Waals surface area contributed by atoms with Gasteiger partial charge in [-0.2, -0.15) is 0 Å². The number of nitrogens with one attached hydrogen (secondary N) is 1. The van der Waals surface area contributed by atoms with Crippen LogP contribution in [0.1, 0.15) is 77.6 Å². The fourth-order valence-corrected chi connectivity index (χ4v) is 1.86. The molecule has 0 aromatic carbocycles. The van der Waals surface area contributed by atoms with E-state index in [0.717, 1.165) is 6.42 Å². The molecule has 0 heterocycles. The van der Waals surface area contributed by atoms with Crippen LogP contribution in [-0.2, 0) is 0 Å². The molecule has 1 N–H and O–H groups in total. The summed E-state index contributed by atoms with van der Waals surface area (Å²) < 4.78 is 0. The maximum atomic E-state index is 9.94. The van der Waals surface area contributed by atoms with Crippen molar-refractivity contribution >= 4 is 0 Å². The van der Waals surface area contributed by atoms with Crippen molar-refractivity contribution in [3.05, 3.63) is 5.21 Å². The third-order valence-corrected chi connectivity index (χ3v) is 2.88. The molecule has 0 unspecified atom stereocenters. The largest absolute Gasteiger partial charge is 0.788 e. The number of unbranched alkanes of at least 4 members (excludes halogenated alkanes) is 10. The summed E-state index contributed by atoms with van der Waals surface area (Å²) in [4.78, 5) is 0. The van der Waals surface area contributed by atoms with E-state index in [1.54, 1.807) is 0 Å². The molecule has 0 radical (unpaired) electrons. The Balaban J connectivity index is 2.81. The van der Waals surface area contributed by atoms with Gasteiger partial charge in [-0.3, -0.25) is 0 Å². The van der Waals surface area contributed by atoms with E-state index in [4.69, 9.17) is 0 Å². The molecule has 0 saturated heterocycles. The molecule has 2 heteroatoms. The molecule has 0 aromatic heterocycles. The van der Waals surface area contributed by atoms with Gasteiger partial charge in [0.2, 0.25) is 0 Å². The second-order valence-corrected chi connectivity index (χ2v) is 4.43. The third-order valence-electron chi connectivity index (χ3n) is 2.88. The van der Waals surface area contributed by atoms with E-state index in [1.165, 1.54) is 64.2 Å². The summed E-state index contributed by atoms with van der Waals surface area (Å²) in [7, 11) is 0. The topological polar surface area (TPSA) is 35.1 Å². The highest BCUT2D eigenvalue weighted by Gasteiger charge is 1.91. The van der Waals surface area contributed by atoms with Gasteiger partial charge in [-0.05, 0) is 13.0 Å². The van der Waals surface area contributed by atoms with Gasteiger partial charge in [0, 0.05) is 0 Å². The zero-order valence-corrected chi connectivity index (χ0v) is 10.4. The number of hydrogen-bond acceptors (Lipinski definition) is 2. The van der Waals surface area contributed by atoms with Crippen molar-refractivity contribution in [3.63, 3.8) is 0 Å². The highest BCUT2D eigenvalue weighted by molar-refractivity contribution is 4.49. The fraction of sp³-hybridized carbons (Fsp3) is 1.00. The zero-order valence-electron chi connectivity index (χ0n) is 10.4. The molecule has 0 bridgehead atoms. The van der Waals surface area contributed by atoms with Gasteiger partial charge in [0.15, 0.2) is 0 Å². The smallest absolute Gasteiger partial charge is 0.0170 e. The first-order valence-electron chi connectivity index (χ1n) is 6.76. The Hall–Kier alpha value is -0.0800. The molecule has 0 amide bonds. The fourth-order valence-electron chi connectivity index (χ4n) is 1.86. The second-order valence-electron chi connectivity index (χ2n) is 4.43. The maximum Gasteiger partial charge on any atom is -0.0170 e. The molecule has 0 aliphatic heterocycles. The zero-order chi connectivity index (χ0) is 11.2. The number of rotatable bonds is 12. The standard InChI is InChI=1S/C13H28NO/c1-2-3-4-5-6-7-8-9-10-11-12-13-14-15/h14H,2-13H2,1H3/q-1. The van der Waals surface area contributed by atoms with Crippen molar-refractivity contribution in [2.75, 3.05) is 6.54 Å². The minimum Gasteiger partial charge on any atom is -0.788 e. The van der Waals surface area contributed by atoms with Crippen LogP contribution in [0.2, 0.25) is 0 Å². The van der Waals surface area contributed by atoms with Crippen molar-refractivity contribution in [3.8, 4) is 0 Å². The van der Waals surface area contributed by atoms with Crippen molar-refractivity contribution in [1.29, 1.82) is 0 Å². The average Bonchev–Trinajstić information content (AvgIpc) is 2.26. The molecule has 92 valence electrons. The molecule has 2 nitrogen and oxygen atoms in total. The summed E-state index contributed by atoms with van der Waals surface area (Å²) in [6, 6.07) is 0. The number of hydroxylamine groups is 1. The van der Waals surface area contributed by atoms with Crippen molar-refractivity contribution < 1.29 is 0 Å². The SMILES string of the molecule is CCCCCCCCCCCCCN[O-]. The van der Waals surface area contributed by atoms with E-state index in [-0.39, 0.29) is 0 Å². The quantitative estimate of drug-likeness (QED) is 0.386. The van der Waals surface area contributed by atoms with Crippen LogP contribution in [0, 0.1) is 5.21 Å². The Labute approximate surface area is 95.4 Å². The Bertz CT molecular complexity index is 94.7. The third kappa shape index (κ3) is 13.9. The van der Waals surface area contributed by atoms with E-state index < -0.39 is 0 Å². The van der Waals surface area contributed by atoms with Gasteiger partial charge in [-0.25, -0.2) is 0 Å². The maximum absolute atomic E-state index is 9.94. The van der Waals surface area contributed by atoms with E-state index in [0.29, 0.717) is 6.54 Å². The van der Waals surface area contributed by atoms with Crippen LogP contribution in [0.15, 0.2) is 0 Å². The minimum absolute atomic E-state index is 0.636. The lowest BCUT2D eigenvalue weighted by atomic mass is 10.1. The Morgan fingerprint density at radius 3 is 1.47 bits per heavy atom. The van der Waals surface area contributed by atoms with Gasteiger partial charge in [0.25, 0.3) is 0 Å². The lowest BCUT2D eigenvalue weighted by Gasteiger charge is -2.06. The molecule has 15 heavy (non-hydrogen) atoms. The summed E-state index contributed by atoms with van der Waals surface area (Å²) in [6.45, 7) is 2.90. The predicted molar refractivity (Wildman–Crippen MR) is 67.8 cm³/mol. The van der Waals surface area contributed by atoms with Crippen LogP contribution in [0.3, 0.4) is 0 Å². The minimum atomic E-state index is 0.636. The van der Waals surface area contributed by atoms with E-state index in [9.17, 15) is 5.21 Å². The van der Waals surface area contributed by atoms with Gasteiger partial charge in [-0.15, -0.1) is 0 Å². The number of hydrogen-bond donors (Lipinski definition) is 1.